The standard InChI is InChI=1S/C22H41NO2/c1-4-5-6-7-8-9-10-11-12-13-14-15-16-17-18-19-20-21-22(24)23(2)25-3/h8-9,11-12H,4-7,10,13-21H2,1-3H3/b9-8-,12-11-. The highest BCUT2D eigenvalue weighted by Gasteiger charge is 2.06. The number of hydrogen-bond donors (Lipinski definition) is 0. The molecule has 3 nitrogen and oxygen atoms in total. The molecule has 0 atom stereocenters. The third-order valence-corrected chi connectivity index (χ3v) is 4.47. The van der Waals surface area contributed by atoms with Crippen molar-refractivity contribution in [3.8, 4) is 0 Å². The molecule has 0 saturated heterocycles. The molecule has 0 fully saturated rings. The highest BCUT2D eigenvalue weighted by molar-refractivity contribution is 5.74. The van der Waals surface area contributed by atoms with E-state index < -0.39 is 0 Å². The summed E-state index contributed by atoms with van der Waals surface area (Å²) in [6.45, 7) is 2.25. The lowest BCUT2D eigenvalue weighted by molar-refractivity contribution is -0.168. The van der Waals surface area contributed by atoms with Crippen LogP contribution in [0, 0.1) is 0 Å². The zero-order chi connectivity index (χ0) is 18.6. The number of unbranched alkanes of at least 4 members (excludes halogenated alkanes) is 10. The van der Waals surface area contributed by atoms with Crippen molar-refractivity contribution < 1.29 is 9.63 Å². The predicted octanol–water partition coefficient (Wildman–Crippen LogP) is 6.60. The minimum Gasteiger partial charge on any atom is -0.275 e. The van der Waals surface area contributed by atoms with E-state index in [1.54, 1.807) is 7.05 Å². The topological polar surface area (TPSA) is 29.5 Å². The molecule has 0 N–H and O–H groups in total. The van der Waals surface area contributed by atoms with Gasteiger partial charge in [-0.25, -0.2) is 5.06 Å². The van der Waals surface area contributed by atoms with Crippen LogP contribution in [0.2, 0.25) is 0 Å². The fraction of sp³-hybridized carbons (Fsp3) is 0.773. The number of hydrogen-bond acceptors (Lipinski definition) is 2. The predicted molar refractivity (Wildman–Crippen MR) is 108 cm³/mol. The second-order valence-electron chi connectivity index (χ2n) is 6.76. The Morgan fingerprint density at radius 3 is 1.88 bits per heavy atom. The number of nitrogens with zero attached hydrogens (tertiary/aromatic N) is 1. The number of hydroxylamine groups is 2. The lowest BCUT2D eigenvalue weighted by Crippen LogP contribution is -2.24. The van der Waals surface area contributed by atoms with Crippen LogP contribution in [-0.4, -0.2) is 25.1 Å². The molecule has 0 aliphatic carbocycles. The smallest absolute Gasteiger partial charge is 0.245 e. The minimum absolute atomic E-state index is 0.0742. The summed E-state index contributed by atoms with van der Waals surface area (Å²) >= 11 is 0. The van der Waals surface area contributed by atoms with Crippen LogP contribution in [-0.2, 0) is 9.63 Å². The largest absolute Gasteiger partial charge is 0.275 e. The molecule has 0 aromatic carbocycles. The molecule has 0 spiro atoms. The molecule has 0 bridgehead atoms. The minimum atomic E-state index is 0.0742. The molecule has 1 amide bonds. The Morgan fingerprint density at radius 1 is 0.800 bits per heavy atom. The molecule has 0 radical (unpaired) electrons. The SMILES string of the molecule is CCCCC/C=C\C/C=C\CCCCCCCCCC(=O)N(C)OC. The van der Waals surface area contributed by atoms with E-state index in [4.69, 9.17) is 4.84 Å². The Kier molecular flexibility index (Phi) is 18.4. The van der Waals surface area contributed by atoms with Crippen molar-refractivity contribution in [3.05, 3.63) is 24.3 Å². The van der Waals surface area contributed by atoms with Gasteiger partial charge in [0.1, 0.15) is 0 Å². The second kappa shape index (κ2) is 19.2. The first kappa shape index (κ1) is 23.9. The molecule has 146 valence electrons. The summed E-state index contributed by atoms with van der Waals surface area (Å²) < 4.78 is 0. The Balaban J connectivity index is 3.25. The second-order valence-corrected chi connectivity index (χ2v) is 6.76. The van der Waals surface area contributed by atoms with Crippen LogP contribution in [0.4, 0.5) is 0 Å². The van der Waals surface area contributed by atoms with Crippen molar-refractivity contribution in [2.75, 3.05) is 14.2 Å². The lowest BCUT2D eigenvalue weighted by Gasteiger charge is -2.12. The molecular weight excluding hydrogens is 310 g/mol. The number of allylic oxidation sites excluding steroid dienone is 4. The summed E-state index contributed by atoms with van der Waals surface area (Å²) in [7, 11) is 3.19. The van der Waals surface area contributed by atoms with Gasteiger partial charge < -0.3 is 0 Å². The van der Waals surface area contributed by atoms with Crippen molar-refractivity contribution in [3.63, 3.8) is 0 Å². The van der Waals surface area contributed by atoms with Crippen LogP contribution >= 0.6 is 0 Å². The van der Waals surface area contributed by atoms with E-state index in [0.717, 1.165) is 19.3 Å². The molecule has 0 unspecified atom stereocenters. The van der Waals surface area contributed by atoms with Gasteiger partial charge in [0.05, 0.1) is 7.11 Å². The zero-order valence-electron chi connectivity index (χ0n) is 17.0. The van der Waals surface area contributed by atoms with E-state index in [1.165, 1.54) is 76.4 Å². The van der Waals surface area contributed by atoms with Crippen LogP contribution in [0.3, 0.4) is 0 Å². The van der Waals surface area contributed by atoms with Gasteiger partial charge >= 0.3 is 0 Å². The van der Waals surface area contributed by atoms with E-state index in [0.29, 0.717) is 6.42 Å². The molecule has 0 aliphatic heterocycles. The van der Waals surface area contributed by atoms with Gasteiger partial charge in [-0.15, -0.1) is 0 Å². The van der Waals surface area contributed by atoms with Crippen LogP contribution in [0.15, 0.2) is 24.3 Å². The van der Waals surface area contributed by atoms with Crippen LogP contribution in [0.25, 0.3) is 0 Å². The van der Waals surface area contributed by atoms with Gasteiger partial charge in [-0.3, -0.25) is 9.63 Å². The molecule has 0 aromatic rings. The zero-order valence-corrected chi connectivity index (χ0v) is 17.0. The Hall–Kier alpha value is -1.09. The van der Waals surface area contributed by atoms with Gasteiger partial charge in [0.15, 0.2) is 0 Å². The number of rotatable bonds is 17. The quantitative estimate of drug-likeness (QED) is 0.168. The Morgan fingerprint density at radius 2 is 1.32 bits per heavy atom. The maximum atomic E-state index is 11.5. The number of amides is 1. The summed E-state index contributed by atoms with van der Waals surface area (Å²) in [6.07, 6.45) is 25.9. The highest BCUT2D eigenvalue weighted by Crippen LogP contribution is 2.10. The van der Waals surface area contributed by atoms with Gasteiger partial charge in [0, 0.05) is 13.5 Å². The van der Waals surface area contributed by atoms with Gasteiger partial charge in [-0.05, 0) is 38.5 Å². The molecule has 0 aromatic heterocycles. The molecule has 3 heteroatoms. The van der Waals surface area contributed by atoms with Gasteiger partial charge in [0.2, 0.25) is 5.91 Å². The van der Waals surface area contributed by atoms with Crippen LogP contribution in [0.1, 0.15) is 96.8 Å². The molecule has 0 saturated carbocycles. The van der Waals surface area contributed by atoms with Crippen LogP contribution < -0.4 is 0 Å². The fourth-order valence-corrected chi connectivity index (χ4v) is 2.70. The number of carbonyl (C=O) groups is 1. The molecule has 0 aliphatic rings. The monoisotopic (exact) mass is 351 g/mol. The summed E-state index contributed by atoms with van der Waals surface area (Å²) in [5.41, 5.74) is 0. The third kappa shape index (κ3) is 17.5. The van der Waals surface area contributed by atoms with E-state index in [9.17, 15) is 4.79 Å². The average molecular weight is 352 g/mol. The Labute approximate surface area is 156 Å². The first-order chi connectivity index (χ1) is 12.2. The van der Waals surface area contributed by atoms with Crippen molar-refractivity contribution >= 4 is 5.91 Å². The molecule has 25 heavy (non-hydrogen) atoms. The van der Waals surface area contributed by atoms with Crippen LogP contribution in [0.5, 0.6) is 0 Å². The fourth-order valence-electron chi connectivity index (χ4n) is 2.70. The van der Waals surface area contributed by atoms with Crippen molar-refractivity contribution in [1.82, 2.24) is 5.06 Å². The van der Waals surface area contributed by atoms with Gasteiger partial charge in [-0.2, -0.15) is 0 Å². The Bertz CT molecular complexity index is 350. The normalized spacial score (nSPS) is 11.6. The first-order valence-electron chi connectivity index (χ1n) is 10.3. The molecule has 0 heterocycles. The average Bonchev–Trinajstić information content (AvgIpc) is 2.63. The van der Waals surface area contributed by atoms with E-state index in [2.05, 4.69) is 31.2 Å². The third-order valence-electron chi connectivity index (χ3n) is 4.47. The lowest BCUT2D eigenvalue weighted by atomic mass is 10.1. The maximum absolute atomic E-state index is 11.5. The summed E-state index contributed by atoms with van der Waals surface area (Å²) in [4.78, 5) is 16.4. The molecular formula is C22H41NO2. The van der Waals surface area contributed by atoms with E-state index in [1.807, 2.05) is 0 Å². The maximum Gasteiger partial charge on any atom is 0.245 e. The van der Waals surface area contributed by atoms with E-state index >= 15 is 0 Å². The van der Waals surface area contributed by atoms with Crippen molar-refractivity contribution in [2.45, 2.75) is 96.8 Å². The summed E-state index contributed by atoms with van der Waals surface area (Å²) in [5.74, 6) is 0.0742. The van der Waals surface area contributed by atoms with E-state index in [-0.39, 0.29) is 5.91 Å². The molecule has 0 rings (SSSR count). The summed E-state index contributed by atoms with van der Waals surface area (Å²) in [5, 5.41) is 1.32. The number of carbonyl (C=O) groups excluding carboxylic acids is 1. The van der Waals surface area contributed by atoms with Crippen molar-refractivity contribution in [2.24, 2.45) is 0 Å². The highest BCUT2D eigenvalue weighted by atomic mass is 16.7. The summed E-state index contributed by atoms with van der Waals surface area (Å²) in [6, 6.07) is 0. The van der Waals surface area contributed by atoms with Crippen molar-refractivity contribution in [1.29, 1.82) is 0 Å². The first-order valence-corrected chi connectivity index (χ1v) is 10.3. The van der Waals surface area contributed by atoms with Gasteiger partial charge in [-0.1, -0.05) is 76.2 Å². The van der Waals surface area contributed by atoms with Gasteiger partial charge in [0.25, 0.3) is 0 Å².